The van der Waals surface area contributed by atoms with E-state index in [1.807, 2.05) is 6.92 Å². The van der Waals surface area contributed by atoms with Crippen LogP contribution in [0.2, 0.25) is 0 Å². The summed E-state index contributed by atoms with van der Waals surface area (Å²) >= 11 is 0. The molecule has 0 bridgehead atoms. The summed E-state index contributed by atoms with van der Waals surface area (Å²) in [4.78, 5) is 29.2. The number of amides is 1. The van der Waals surface area contributed by atoms with E-state index in [0.717, 1.165) is 17.5 Å². The van der Waals surface area contributed by atoms with Gasteiger partial charge in [0, 0.05) is 30.5 Å². The fourth-order valence-corrected chi connectivity index (χ4v) is 3.03. The van der Waals surface area contributed by atoms with Crippen molar-refractivity contribution in [1.82, 2.24) is 24.6 Å². The molecule has 1 aromatic carbocycles. The quantitative estimate of drug-likeness (QED) is 0.543. The Bertz CT molecular complexity index is 1200. The first kappa shape index (κ1) is 17.0. The van der Waals surface area contributed by atoms with Crippen molar-refractivity contribution in [2.45, 2.75) is 19.8 Å². The number of pyridine rings is 1. The molecule has 0 radical (unpaired) electrons. The Morgan fingerprint density at radius 2 is 2.07 bits per heavy atom. The van der Waals surface area contributed by atoms with Crippen molar-refractivity contribution in [1.29, 1.82) is 0 Å². The van der Waals surface area contributed by atoms with Gasteiger partial charge in [-0.3, -0.25) is 19.4 Å². The molecule has 27 heavy (non-hydrogen) atoms. The van der Waals surface area contributed by atoms with Gasteiger partial charge in [-0.25, -0.2) is 13.9 Å². The Morgan fingerprint density at radius 3 is 2.85 bits per heavy atom. The lowest BCUT2D eigenvalue weighted by atomic mass is 10.2. The lowest BCUT2D eigenvalue weighted by Gasteiger charge is -2.03. The number of carbonyl (C=O) groups is 1. The molecule has 0 saturated carbocycles. The van der Waals surface area contributed by atoms with Gasteiger partial charge in [-0.2, -0.15) is 0 Å². The van der Waals surface area contributed by atoms with Crippen LogP contribution in [-0.4, -0.2) is 31.9 Å². The molecule has 2 N–H and O–H groups in total. The third-order valence-electron chi connectivity index (χ3n) is 4.47. The first-order chi connectivity index (χ1) is 13.1. The molecule has 1 amide bonds. The minimum Gasteiger partial charge on any atom is -0.337 e. The molecule has 0 saturated heterocycles. The second-order valence-electron chi connectivity index (χ2n) is 6.30. The van der Waals surface area contributed by atoms with Crippen LogP contribution < -0.4 is 10.9 Å². The van der Waals surface area contributed by atoms with E-state index in [1.165, 1.54) is 22.9 Å². The Labute approximate surface area is 153 Å². The van der Waals surface area contributed by atoms with Crippen molar-refractivity contribution >= 4 is 27.8 Å². The first-order valence-electron chi connectivity index (χ1n) is 8.74. The third kappa shape index (κ3) is 2.88. The molecule has 0 unspecified atom stereocenters. The lowest BCUT2D eigenvalue weighted by molar-refractivity contribution is 0.242. The molecule has 0 aliphatic heterocycles. The molecule has 3 aromatic heterocycles. The summed E-state index contributed by atoms with van der Waals surface area (Å²) in [5, 5.41) is 6.72. The Balaban J connectivity index is 1.82. The molecule has 7 nitrogen and oxygen atoms in total. The molecule has 0 aliphatic carbocycles. The molecule has 0 aliphatic rings. The number of rotatable bonds is 4. The van der Waals surface area contributed by atoms with Gasteiger partial charge in [0.2, 0.25) is 0 Å². The average Bonchev–Trinajstić information content (AvgIpc) is 3.24. The van der Waals surface area contributed by atoms with Crippen LogP contribution >= 0.6 is 0 Å². The van der Waals surface area contributed by atoms with Crippen molar-refractivity contribution < 1.29 is 9.18 Å². The van der Waals surface area contributed by atoms with Gasteiger partial charge < -0.3 is 5.32 Å². The number of carbonyl (C=O) groups excluding carboxylic acids is 1. The lowest BCUT2D eigenvalue weighted by Crippen LogP contribution is -2.28. The number of fused-ring (bicyclic) bond motifs is 3. The summed E-state index contributed by atoms with van der Waals surface area (Å²) in [7, 11) is 0. The van der Waals surface area contributed by atoms with E-state index in [-0.39, 0.29) is 11.7 Å². The monoisotopic (exact) mass is 367 g/mol. The number of para-hydroxylation sites is 1. The summed E-state index contributed by atoms with van der Waals surface area (Å²) in [6.45, 7) is 2.64. The van der Waals surface area contributed by atoms with Crippen LogP contribution in [0.1, 0.15) is 19.8 Å². The van der Waals surface area contributed by atoms with Crippen LogP contribution in [0.3, 0.4) is 0 Å². The van der Waals surface area contributed by atoms with Gasteiger partial charge in [0.1, 0.15) is 11.5 Å². The van der Waals surface area contributed by atoms with Crippen molar-refractivity contribution in [3.63, 3.8) is 0 Å². The highest BCUT2D eigenvalue weighted by atomic mass is 19.1. The normalized spacial score (nSPS) is 11.3. The molecule has 3 heterocycles. The maximum absolute atomic E-state index is 14.1. The predicted molar refractivity (Wildman–Crippen MR) is 101 cm³/mol. The number of benzene rings is 1. The Hall–Kier alpha value is -3.42. The molecule has 0 atom stereocenters. The van der Waals surface area contributed by atoms with Crippen LogP contribution in [0.4, 0.5) is 9.18 Å². The molecular weight excluding hydrogens is 349 g/mol. The SMILES string of the molecule is CCCCNC(=O)n1cc2ncc3c(=O)n(-c4ccccc4F)[nH]c3c2c1. The first-order valence-corrected chi connectivity index (χ1v) is 8.74. The van der Waals surface area contributed by atoms with E-state index in [0.29, 0.717) is 28.4 Å². The van der Waals surface area contributed by atoms with Crippen LogP contribution in [0, 0.1) is 5.82 Å². The second kappa shape index (κ2) is 6.71. The van der Waals surface area contributed by atoms with Crippen LogP contribution in [0.25, 0.3) is 27.5 Å². The van der Waals surface area contributed by atoms with Crippen molar-refractivity contribution in [2.24, 2.45) is 0 Å². The minimum absolute atomic E-state index is 0.128. The largest absolute Gasteiger partial charge is 0.337 e. The van der Waals surface area contributed by atoms with Gasteiger partial charge in [-0.05, 0) is 18.6 Å². The van der Waals surface area contributed by atoms with Crippen LogP contribution in [0.5, 0.6) is 0 Å². The summed E-state index contributed by atoms with van der Waals surface area (Å²) in [5.41, 5.74) is 0.802. The van der Waals surface area contributed by atoms with Gasteiger partial charge in [0.05, 0.1) is 16.4 Å². The maximum atomic E-state index is 14.1. The predicted octanol–water partition coefficient (Wildman–Crippen LogP) is 3.17. The fourth-order valence-electron chi connectivity index (χ4n) is 3.03. The number of aromatic nitrogens is 4. The molecule has 0 fully saturated rings. The van der Waals surface area contributed by atoms with Crippen LogP contribution in [0.15, 0.2) is 47.7 Å². The minimum atomic E-state index is -0.511. The summed E-state index contributed by atoms with van der Waals surface area (Å²) < 4.78 is 16.7. The Morgan fingerprint density at radius 1 is 1.26 bits per heavy atom. The molecule has 8 heteroatoms. The van der Waals surface area contributed by atoms with Gasteiger partial charge in [-0.15, -0.1) is 0 Å². The van der Waals surface area contributed by atoms with Gasteiger partial charge in [-0.1, -0.05) is 25.5 Å². The number of halogens is 1. The molecule has 138 valence electrons. The second-order valence-corrected chi connectivity index (χ2v) is 6.30. The number of unbranched alkanes of at least 4 members (excludes halogenated alkanes) is 1. The summed E-state index contributed by atoms with van der Waals surface area (Å²) in [6.07, 6.45) is 6.55. The zero-order chi connectivity index (χ0) is 19.0. The van der Waals surface area contributed by atoms with Crippen LogP contribution in [-0.2, 0) is 0 Å². The summed E-state index contributed by atoms with van der Waals surface area (Å²) in [6, 6.07) is 5.76. The molecule has 4 rings (SSSR count). The van der Waals surface area contributed by atoms with Gasteiger partial charge >= 0.3 is 6.03 Å². The van der Waals surface area contributed by atoms with Crippen molar-refractivity contribution in [2.75, 3.05) is 6.54 Å². The third-order valence-corrected chi connectivity index (χ3v) is 4.47. The van der Waals surface area contributed by atoms with E-state index in [9.17, 15) is 14.0 Å². The zero-order valence-corrected chi connectivity index (χ0v) is 14.7. The molecular formula is C19H18FN5O2. The average molecular weight is 367 g/mol. The maximum Gasteiger partial charge on any atom is 0.325 e. The highest BCUT2D eigenvalue weighted by molar-refractivity contribution is 6.04. The van der Waals surface area contributed by atoms with Crippen molar-refractivity contribution in [3.8, 4) is 5.69 Å². The summed E-state index contributed by atoms with van der Waals surface area (Å²) in [5.74, 6) is -0.511. The topological polar surface area (TPSA) is 84.7 Å². The zero-order valence-electron chi connectivity index (χ0n) is 14.7. The van der Waals surface area contributed by atoms with E-state index in [4.69, 9.17) is 0 Å². The van der Waals surface area contributed by atoms with E-state index in [2.05, 4.69) is 15.4 Å². The van der Waals surface area contributed by atoms with E-state index < -0.39 is 11.4 Å². The fraction of sp³-hybridized carbons (Fsp3) is 0.211. The number of hydrogen-bond acceptors (Lipinski definition) is 3. The highest BCUT2D eigenvalue weighted by Crippen LogP contribution is 2.22. The standard InChI is InChI=1S/C19H18FN5O2/c1-2-3-8-21-19(27)24-10-13-15(11-24)22-9-12-17(13)23-25(18(12)26)16-7-5-4-6-14(16)20/h4-7,9-11,23H,2-3,8H2,1H3,(H,21,27). The van der Waals surface area contributed by atoms with E-state index in [1.54, 1.807) is 24.5 Å². The smallest absolute Gasteiger partial charge is 0.325 e. The molecule has 0 spiro atoms. The number of nitrogens with one attached hydrogen (secondary N) is 2. The number of H-pyrrole nitrogens is 1. The number of aromatic amines is 1. The molecule has 4 aromatic rings. The highest BCUT2D eigenvalue weighted by Gasteiger charge is 2.16. The van der Waals surface area contributed by atoms with Crippen molar-refractivity contribution in [3.05, 3.63) is 59.0 Å². The number of nitrogens with zero attached hydrogens (tertiary/aromatic N) is 3. The van der Waals surface area contributed by atoms with Gasteiger partial charge in [0.15, 0.2) is 0 Å². The Kier molecular flexibility index (Phi) is 4.23. The number of hydrogen-bond donors (Lipinski definition) is 2. The van der Waals surface area contributed by atoms with E-state index >= 15 is 0 Å². The van der Waals surface area contributed by atoms with Gasteiger partial charge in [0.25, 0.3) is 5.56 Å².